The first kappa shape index (κ1) is 23.8. The fourth-order valence-corrected chi connectivity index (χ4v) is 5.15. The Kier molecular flexibility index (Phi) is 7.47. The minimum atomic E-state index is -3.41. The highest BCUT2D eigenvalue weighted by Gasteiger charge is 2.29. The number of sulfone groups is 1. The molecule has 6 nitrogen and oxygen atoms in total. The van der Waals surface area contributed by atoms with Crippen molar-refractivity contribution in [2.75, 3.05) is 24.5 Å². The summed E-state index contributed by atoms with van der Waals surface area (Å²) in [5.74, 6) is 0.502. The number of benzene rings is 1. The average molecular weight is 447 g/mol. The zero-order valence-electron chi connectivity index (χ0n) is 19.9. The van der Waals surface area contributed by atoms with Gasteiger partial charge in [-0.3, -0.25) is 4.90 Å². The van der Waals surface area contributed by atoms with Crippen molar-refractivity contribution in [1.82, 2.24) is 14.5 Å². The van der Waals surface area contributed by atoms with E-state index in [9.17, 15) is 8.42 Å². The van der Waals surface area contributed by atoms with Gasteiger partial charge < -0.3 is 9.47 Å². The molecule has 0 amide bonds. The van der Waals surface area contributed by atoms with Gasteiger partial charge in [0.05, 0.1) is 17.1 Å². The van der Waals surface area contributed by atoms with Crippen LogP contribution in [0.25, 0.3) is 0 Å². The predicted molar refractivity (Wildman–Crippen MR) is 127 cm³/mol. The third-order valence-electron chi connectivity index (χ3n) is 6.24. The van der Waals surface area contributed by atoms with Gasteiger partial charge in [0.25, 0.3) is 0 Å². The van der Waals surface area contributed by atoms with Crippen LogP contribution in [0.1, 0.15) is 52.3 Å². The van der Waals surface area contributed by atoms with Gasteiger partial charge in [0.15, 0.2) is 0 Å². The van der Waals surface area contributed by atoms with Crippen molar-refractivity contribution in [1.29, 1.82) is 0 Å². The summed E-state index contributed by atoms with van der Waals surface area (Å²) in [5.41, 5.74) is 3.54. The van der Waals surface area contributed by atoms with Gasteiger partial charge in [0, 0.05) is 44.5 Å². The smallest absolute Gasteiger partial charge is 0.228 e. The van der Waals surface area contributed by atoms with Crippen molar-refractivity contribution < 1.29 is 8.42 Å². The van der Waals surface area contributed by atoms with Crippen LogP contribution >= 0.6 is 0 Å². The first-order chi connectivity index (χ1) is 14.6. The summed E-state index contributed by atoms with van der Waals surface area (Å²) in [6.07, 6.45) is 2.70. The third-order valence-corrected chi connectivity index (χ3v) is 8.31. The molecule has 1 fully saturated rings. The summed E-state index contributed by atoms with van der Waals surface area (Å²) in [6.45, 7) is 16.4. The summed E-state index contributed by atoms with van der Waals surface area (Å²) in [6, 6.07) is 9.09. The van der Waals surface area contributed by atoms with Gasteiger partial charge in [-0.1, -0.05) is 31.5 Å². The van der Waals surface area contributed by atoms with E-state index in [4.69, 9.17) is 0 Å². The second kappa shape index (κ2) is 9.74. The molecule has 7 heteroatoms. The second-order valence-corrected chi connectivity index (χ2v) is 12.0. The fraction of sp³-hybridized carbons (Fsp3) is 0.625. The van der Waals surface area contributed by atoms with Crippen molar-refractivity contribution in [3.05, 3.63) is 41.7 Å². The van der Waals surface area contributed by atoms with Crippen molar-refractivity contribution in [2.24, 2.45) is 5.92 Å². The Bertz CT molecular complexity index is 964. The van der Waals surface area contributed by atoms with Crippen LogP contribution in [-0.4, -0.2) is 53.8 Å². The number of aromatic nitrogens is 2. The highest BCUT2D eigenvalue weighted by Crippen LogP contribution is 2.23. The van der Waals surface area contributed by atoms with Crippen LogP contribution in [0.3, 0.4) is 0 Å². The minimum absolute atomic E-state index is 0.226. The molecule has 0 bridgehead atoms. The van der Waals surface area contributed by atoms with Crippen molar-refractivity contribution in [3.63, 3.8) is 0 Å². The molecule has 1 aliphatic heterocycles. The summed E-state index contributed by atoms with van der Waals surface area (Å²) >= 11 is 0. The summed E-state index contributed by atoms with van der Waals surface area (Å²) in [4.78, 5) is 9.27. The van der Waals surface area contributed by atoms with E-state index in [0.29, 0.717) is 18.5 Å². The molecule has 1 aromatic heterocycles. The molecule has 3 rings (SSSR count). The second-order valence-electron chi connectivity index (χ2n) is 9.56. The molecule has 1 saturated heterocycles. The van der Waals surface area contributed by atoms with Crippen LogP contribution in [-0.2, 0) is 22.9 Å². The number of aryl methyl sites for hydroxylation is 1. The molecular formula is C24H38N4O2S. The van der Waals surface area contributed by atoms with Crippen molar-refractivity contribution >= 4 is 15.5 Å². The zero-order valence-corrected chi connectivity index (χ0v) is 20.7. The fourth-order valence-electron chi connectivity index (χ4n) is 4.01. The maximum atomic E-state index is 12.9. The zero-order chi connectivity index (χ0) is 22.8. The van der Waals surface area contributed by atoms with E-state index in [1.807, 2.05) is 4.57 Å². The number of hydrogen-bond acceptors (Lipinski definition) is 5. The molecule has 2 heterocycles. The number of hydrogen-bond donors (Lipinski definition) is 0. The van der Waals surface area contributed by atoms with E-state index < -0.39 is 15.1 Å². The van der Waals surface area contributed by atoms with E-state index in [2.05, 4.69) is 66.7 Å². The standard InChI is InChI=1S/C24H38N4O2S/c1-18(2)11-12-28-23(15-25-24(28)31(29,30)19(3)4)17-26-13-14-27(16-21(26)6)22-9-7-20(5)8-10-22/h7-10,15,18-19,21H,11-14,16-17H2,1-6H3/t21-/m0/s1. The van der Waals surface area contributed by atoms with Gasteiger partial charge in [-0.2, -0.15) is 0 Å². The lowest BCUT2D eigenvalue weighted by molar-refractivity contribution is 0.176. The van der Waals surface area contributed by atoms with Crippen LogP contribution in [0.4, 0.5) is 5.69 Å². The molecule has 0 N–H and O–H groups in total. The molecule has 0 unspecified atom stereocenters. The molecule has 0 spiro atoms. The molecule has 1 aliphatic rings. The maximum absolute atomic E-state index is 12.9. The SMILES string of the molecule is Cc1ccc(N2CCN(Cc3cnc(S(=O)(=O)C(C)C)n3CCC(C)C)[C@@H](C)C2)cc1. The summed E-state index contributed by atoms with van der Waals surface area (Å²) < 4.78 is 27.7. The van der Waals surface area contributed by atoms with Crippen LogP contribution in [0.5, 0.6) is 0 Å². The molecular weight excluding hydrogens is 408 g/mol. The van der Waals surface area contributed by atoms with E-state index in [1.165, 1.54) is 11.3 Å². The van der Waals surface area contributed by atoms with Crippen LogP contribution in [0.2, 0.25) is 0 Å². The minimum Gasteiger partial charge on any atom is -0.369 e. The Morgan fingerprint density at radius 1 is 1.10 bits per heavy atom. The number of nitrogens with zero attached hydrogens (tertiary/aromatic N) is 4. The lowest BCUT2D eigenvalue weighted by atomic mass is 10.1. The molecule has 31 heavy (non-hydrogen) atoms. The van der Waals surface area contributed by atoms with E-state index in [0.717, 1.165) is 38.3 Å². The number of rotatable bonds is 8. The van der Waals surface area contributed by atoms with Crippen molar-refractivity contribution in [2.45, 2.75) is 77.5 Å². The Hall–Kier alpha value is -1.86. The highest BCUT2D eigenvalue weighted by molar-refractivity contribution is 7.91. The topological polar surface area (TPSA) is 58.4 Å². The van der Waals surface area contributed by atoms with E-state index in [-0.39, 0.29) is 5.16 Å². The maximum Gasteiger partial charge on any atom is 0.228 e. The van der Waals surface area contributed by atoms with Gasteiger partial charge in [0.2, 0.25) is 15.0 Å². The predicted octanol–water partition coefficient (Wildman–Crippen LogP) is 4.13. The molecule has 1 aromatic carbocycles. The van der Waals surface area contributed by atoms with Crippen LogP contribution < -0.4 is 4.90 Å². The third kappa shape index (κ3) is 5.50. The molecule has 1 atom stereocenters. The van der Waals surface area contributed by atoms with Gasteiger partial charge in [-0.25, -0.2) is 13.4 Å². The Balaban J connectivity index is 1.77. The molecule has 0 radical (unpaired) electrons. The van der Waals surface area contributed by atoms with E-state index in [1.54, 1.807) is 20.0 Å². The quantitative estimate of drug-likeness (QED) is 0.610. The van der Waals surface area contributed by atoms with Gasteiger partial charge in [-0.05, 0) is 52.2 Å². The molecule has 0 aliphatic carbocycles. The summed E-state index contributed by atoms with van der Waals surface area (Å²) in [7, 11) is -3.41. The number of piperazine rings is 1. The largest absolute Gasteiger partial charge is 0.369 e. The molecule has 2 aromatic rings. The van der Waals surface area contributed by atoms with Gasteiger partial charge in [0.1, 0.15) is 0 Å². The Labute approximate surface area is 188 Å². The average Bonchev–Trinajstić information content (AvgIpc) is 3.11. The number of anilines is 1. The van der Waals surface area contributed by atoms with Crippen LogP contribution in [0, 0.1) is 12.8 Å². The monoisotopic (exact) mass is 446 g/mol. The Morgan fingerprint density at radius 2 is 1.77 bits per heavy atom. The van der Waals surface area contributed by atoms with Gasteiger partial charge >= 0.3 is 0 Å². The first-order valence-electron chi connectivity index (χ1n) is 11.4. The molecule has 0 saturated carbocycles. The first-order valence-corrected chi connectivity index (χ1v) is 13.0. The van der Waals surface area contributed by atoms with Gasteiger partial charge in [-0.15, -0.1) is 0 Å². The van der Waals surface area contributed by atoms with Crippen molar-refractivity contribution in [3.8, 4) is 0 Å². The van der Waals surface area contributed by atoms with Crippen LogP contribution in [0.15, 0.2) is 35.6 Å². The number of imidazole rings is 1. The molecule has 172 valence electrons. The highest BCUT2D eigenvalue weighted by atomic mass is 32.2. The summed E-state index contributed by atoms with van der Waals surface area (Å²) in [5, 5.41) is -0.248. The normalized spacial score (nSPS) is 18.3. The lowest BCUT2D eigenvalue weighted by Crippen LogP contribution is -2.51. The Morgan fingerprint density at radius 3 is 2.35 bits per heavy atom. The lowest BCUT2D eigenvalue weighted by Gasteiger charge is -2.41. The van der Waals surface area contributed by atoms with E-state index >= 15 is 0 Å².